The van der Waals surface area contributed by atoms with Crippen molar-refractivity contribution in [3.8, 4) is 0 Å². The first-order valence-corrected chi connectivity index (χ1v) is 7.95. The SMILES string of the molecule is CN(C)c1c(Cl)cccc1NC(=O)CC(c1ccccc1)C(F)(F)F. The summed E-state index contributed by atoms with van der Waals surface area (Å²) in [4.78, 5) is 13.9. The Balaban J connectivity index is 2.22. The molecule has 0 aromatic heterocycles. The molecule has 0 saturated heterocycles. The normalized spacial score (nSPS) is 12.6. The third-order valence-electron chi connectivity index (χ3n) is 3.69. The summed E-state index contributed by atoms with van der Waals surface area (Å²) in [5.74, 6) is -2.59. The molecule has 1 amide bonds. The average Bonchev–Trinajstić information content (AvgIpc) is 2.52. The van der Waals surface area contributed by atoms with Crippen molar-refractivity contribution in [2.24, 2.45) is 0 Å². The van der Waals surface area contributed by atoms with Crippen LogP contribution in [0.5, 0.6) is 0 Å². The lowest BCUT2D eigenvalue weighted by Gasteiger charge is -2.22. The van der Waals surface area contributed by atoms with Crippen LogP contribution >= 0.6 is 11.6 Å². The molecule has 0 radical (unpaired) electrons. The molecule has 1 N–H and O–H groups in total. The van der Waals surface area contributed by atoms with Crippen molar-refractivity contribution in [3.05, 3.63) is 59.1 Å². The van der Waals surface area contributed by atoms with Crippen molar-refractivity contribution in [1.29, 1.82) is 0 Å². The van der Waals surface area contributed by atoms with Crippen molar-refractivity contribution in [3.63, 3.8) is 0 Å². The van der Waals surface area contributed by atoms with Gasteiger partial charge in [0, 0.05) is 20.5 Å². The maximum absolute atomic E-state index is 13.4. The van der Waals surface area contributed by atoms with Gasteiger partial charge in [-0.15, -0.1) is 0 Å². The molecule has 0 saturated carbocycles. The predicted octanol–water partition coefficient (Wildman–Crippen LogP) is 5.08. The van der Waals surface area contributed by atoms with Crippen LogP contribution in [0.2, 0.25) is 5.02 Å². The zero-order chi connectivity index (χ0) is 18.6. The number of para-hydroxylation sites is 1. The van der Waals surface area contributed by atoms with E-state index in [-0.39, 0.29) is 5.56 Å². The van der Waals surface area contributed by atoms with E-state index in [1.165, 1.54) is 24.3 Å². The van der Waals surface area contributed by atoms with Crippen LogP contribution in [-0.4, -0.2) is 26.2 Å². The zero-order valence-electron chi connectivity index (χ0n) is 13.8. The van der Waals surface area contributed by atoms with Crippen LogP contribution in [0.15, 0.2) is 48.5 Å². The summed E-state index contributed by atoms with van der Waals surface area (Å²) in [6, 6.07) is 12.3. The number of hydrogen-bond donors (Lipinski definition) is 1. The van der Waals surface area contributed by atoms with Gasteiger partial charge in [-0.3, -0.25) is 4.79 Å². The van der Waals surface area contributed by atoms with Crippen LogP contribution in [-0.2, 0) is 4.79 Å². The molecule has 2 aromatic rings. The van der Waals surface area contributed by atoms with Crippen LogP contribution < -0.4 is 10.2 Å². The van der Waals surface area contributed by atoms with Gasteiger partial charge in [0.1, 0.15) is 0 Å². The van der Waals surface area contributed by atoms with E-state index in [0.29, 0.717) is 16.4 Å². The fourth-order valence-corrected chi connectivity index (χ4v) is 2.91. The van der Waals surface area contributed by atoms with Gasteiger partial charge in [0.25, 0.3) is 0 Å². The number of alkyl halides is 3. The van der Waals surface area contributed by atoms with Crippen molar-refractivity contribution in [1.82, 2.24) is 0 Å². The average molecular weight is 371 g/mol. The van der Waals surface area contributed by atoms with E-state index in [1.54, 1.807) is 43.3 Å². The van der Waals surface area contributed by atoms with Crippen molar-refractivity contribution in [2.75, 3.05) is 24.3 Å². The van der Waals surface area contributed by atoms with Gasteiger partial charge in [-0.05, 0) is 17.7 Å². The second kappa shape index (κ2) is 7.78. The van der Waals surface area contributed by atoms with Crippen LogP contribution in [0, 0.1) is 0 Å². The number of nitrogens with one attached hydrogen (secondary N) is 1. The highest BCUT2D eigenvalue weighted by atomic mass is 35.5. The highest BCUT2D eigenvalue weighted by Crippen LogP contribution is 2.38. The summed E-state index contributed by atoms with van der Waals surface area (Å²) in [6.45, 7) is 0. The smallest absolute Gasteiger partial charge is 0.375 e. The number of rotatable bonds is 5. The number of carbonyl (C=O) groups is 1. The molecule has 0 aliphatic rings. The molecule has 3 nitrogen and oxygen atoms in total. The zero-order valence-corrected chi connectivity index (χ0v) is 14.5. The Bertz CT molecular complexity index is 733. The van der Waals surface area contributed by atoms with Crippen molar-refractivity contribution >= 4 is 28.9 Å². The molecule has 0 bridgehead atoms. The predicted molar refractivity (Wildman–Crippen MR) is 94.3 cm³/mol. The fourth-order valence-electron chi connectivity index (χ4n) is 2.57. The Morgan fingerprint density at radius 1 is 1.12 bits per heavy atom. The topological polar surface area (TPSA) is 32.3 Å². The molecule has 0 spiro atoms. The Labute approximate surface area is 149 Å². The molecule has 1 unspecified atom stereocenters. The van der Waals surface area contributed by atoms with Gasteiger partial charge < -0.3 is 10.2 Å². The molecular formula is C18H18ClF3N2O. The molecular weight excluding hydrogens is 353 g/mol. The van der Waals surface area contributed by atoms with E-state index in [1.807, 2.05) is 0 Å². The van der Waals surface area contributed by atoms with Gasteiger partial charge in [-0.25, -0.2) is 0 Å². The third kappa shape index (κ3) is 4.89. The van der Waals surface area contributed by atoms with Crippen LogP contribution in [0.3, 0.4) is 0 Å². The van der Waals surface area contributed by atoms with Crippen molar-refractivity contribution < 1.29 is 18.0 Å². The largest absolute Gasteiger partial charge is 0.396 e. The summed E-state index contributed by atoms with van der Waals surface area (Å²) in [5.41, 5.74) is 0.973. The van der Waals surface area contributed by atoms with Gasteiger partial charge in [0.2, 0.25) is 5.91 Å². The van der Waals surface area contributed by atoms with Crippen LogP contribution in [0.4, 0.5) is 24.5 Å². The number of benzene rings is 2. The van der Waals surface area contributed by atoms with Gasteiger partial charge in [-0.1, -0.05) is 48.0 Å². The lowest BCUT2D eigenvalue weighted by atomic mass is 9.94. The highest BCUT2D eigenvalue weighted by Gasteiger charge is 2.41. The number of nitrogens with zero attached hydrogens (tertiary/aromatic N) is 1. The minimum absolute atomic E-state index is 0.0593. The highest BCUT2D eigenvalue weighted by molar-refractivity contribution is 6.34. The Morgan fingerprint density at radius 3 is 2.32 bits per heavy atom. The minimum Gasteiger partial charge on any atom is -0.375 e. The van der Waals surface area contributed by atoms with E-state index in [4.69, 9.17) is 11.6 Å². The first kappa shape index (κ1) is 19.1. The summed E-state index contributed by atoms with van der Waals surface area (Å²) in [7, 11) is 3.47. The second-order valence-corrected chi connectivity index (χ2v) is 6.19. The monoisotopic (exact) mass is 370 g/mol. The standard InChI is InChI=1S/C18H18ClF3N2O/c1-24(2)17-14(19)9-6-10-15(17)23-16(25)11-13(18(20,21)22)12-7-4-3-5-8-12/h3-10,13H,11H2,1-2H3,(H,23,25). The minimum atomic E-state index is -4.52. The maximum Gasteiger partial charge on any atom is 0.396 e. The number of amides is 1. The number of anilines is 2. The lowest BCUT2D eigenvalue weighted by Crippen LogP contribution is -2.26. The number of carbonyl (C=O) groups excluding carboxylic acids is 1. The summed E-state index contributed by atoms with van der Waals surface area (Å²) in [5, 5.41) is 2.94. The molecule has 2 aromatic carbocycles. The summed E-state index contributed by atoms with van der Waals surface area (Å²) < 4.78 is 40.1. The number of halogens is 4. The number of hydrogen-bond acceptors (Lipinski definition) is 2. The second-order valence-electron chi connectivity index (χ2n) is 5.79. The van der Waals surface area contributed by atoms with Gasteiger partial charge in [0.05, 0.1) is 22.3 Å². The molecule has 0 heterocycles. The molecule has 1 atom stereocenters. The van der Waals surface area contributed by atoms with E-state index in [9.17, 15) is 18.0 Å². The van der Waals surface area contributed by atoms with Crippen LogP contribution in [0.1, 0.15) is 17.9 Å². The maximum atomic E-state index is 13.4. The first-order chi connectivity index (χ1) is 11.7. The summed E-state index contributed by atoms with van der Waals surface area (Å²) in [6.07, 6.45) is -5.22. The van der Waals surface area contributed by atoms with Crippen LogP contribution in [0.25, 0.3) is 0 Å². The fraction of sp³-hybridized carbons (Fsp3) is 0.278. The Kier molecular flexibility index (Phi) is 5.95. The molecule has 0 aliphatic heterocycles. The molecule has 0 fully saturated rings. The molecule has 2 rings (SSSR count). The van der Waals surface area contributed by atoms with E-state index in [2.05, 4.69) is 5.32 Å². The van der Waals surface area contributed by atoms with E-state index < -0.39 is 24.4 Å². The molecule has 7 heteroatoms. The van der Waals surface area contributed by atoms with E-state index >= 15 is 0 Å². The first-order valence-electron chi connectivity index (χ1n) is 7.57. The van der Waals surface area contributed by atoms with E-state index in [0.717, 1.165) is 0 Å². The molecule has 134 valence electrons. The third-order valence-corrected chi connectivity index (χ3v) is 4.00. The van der Waals surface area contributed by atoms with Gasteiger partial charge in [-0.2, -0.15) is 13.2 Å². The molecule has 0 aliphatic carbocycles. The Morgan fingerprint density at radius 2 is 1.76 bits per heavy atom. The molecule has 25 heavy (non-hydrogen) atoms. The summed E-state index contributed by atoms with van der Waals surface area (Å²) >= 11 is 6.11. The van der Waals surface area contributed by atoms with Crippen molar-refractivity contribution in [2.45, 2.75) is 18.5 Å². The van der Waals surface area contributed by atoms with Gasteiger partial charge >= 0.3 is 6.18 Å². The quantitative estimate of drug-likeness (QED) is 0.796. The Hall–Kier alpha value is -2.21. The van der Waals surface area contributed by atoms with Gasteiger partial charge in [0.15, 0.2) is 0 Å². The lowest BCUT2D eigenvalue weighted by molar-refractivity contribution is -0.155.